The van der Waals surface area contributed by atoms with Crippen molar-refractivity contribution < 1.29 is 18.1 Å². The van der Waals surface area contributed by atoms with Gasteiger partial charge in [0, 0.05) is 16.7 Å². The molecule has 1 rings (SSSR count). The molecule has 1 aromatic rings. The van der Waals surface area contributed by atoms with Gasteiger partial charge >= 0.3 is 5.69 Å². The zero-order valence-electron chi connectivity index (χ0n) is 9.41. The normalized spacial score (nSPS) is 11.2. The highest BCUT2D eigenvalue weighted by atomic mass is 35.7. The van der Waals surface area contributed by atoms with Crippen LogP contribution in [0.2, 0.25) is 0 Å². The van der Waals surface area contributed by atoms with Gasteiger partial charge in [0.1, 0.15) is 0 Å². The van der Waals surface area contributed by atoms with Crippen LogP contribution in [0.3, 0.4) is 0 Å². The lowest BCUT2D eigenvalue weighted by Crippen LogP contribution is -2.03. The van der Waals surface area contributed by atoms with Gasteiger partial charge in [0.2, 0.25) is 9.05 Å². The minimum absolute atomic E-state index is 0.109. The van der Waals surface area contributed by atoms with Crippen LogP contribution in [-0.2, 0) is 9.05 Å². The van der Waals surface area contributed by atoms with Crippen molar-refractivity contribution >= 4 is 25.4 Å². The Morgan fingerprint density at radius 2 is 1.94 bits per heavy atom. The molecule has 100 valence electrons. The maximum absolute atomic E-state index is 10.7. The molecule has 0 saturated carbocycles. The number of nitro benzene ring substituents is 1. The van der Waals surface area contributed by atoms with E-state index in [2.05, 4.69) is 0 Å². The molecule has 0 spiro atoms. The molecule has 8 heteroatoms. The third kappa shape index (κ3) is 5.33. The van der Waals surface area contributed by atoms with Crippen molar-refractivity contribution in [3.8, 4) is 5.75 Å². The van der Waals surface area contributed by atoms with E-state index in [1.165, 1.54) is 12.1 Å². The van der Waals surface area contributed by atoms with Crippen molar-refractivity contribution in [1.82, 2.24) is 0 Å². The first-order valence-electron chi connectivity index (χ1n) is 5.19. The molecule has 0 heterocycles. The summed E-state index contributed by atoms with van der Waals surface area (Å²) in [7, 11) is 1.56. The lowest BCUT2D eigenvalue weighted by Gasteiger charge is -2.05. The quantitative estimate of drug-likeness (QED) is 0.333. The van der Waals surface area contributed by atoms with Gasteiger partial charge in [-0.3, -0.25) is 10.1 Å². The van der Waals surface area contributed by atoms with Crippen LogP contribution in [0.1, 0.15) is 12.8 Å². The summed E-state index contributed by atoms with van der Waals surface area (Å²) < 4.78 is 26.5. The van der Waals surface area contributed by atoms with Crippen molar-refractivity contribution in [2.75, 3.05) is 12.4 Å². The van der Waals surface area contributed by atoms with E-state index in [0.29, 0.717) is 12.8 Å². The first-order chi connectivity index (χ1) is 8.40. The topological polar surface area (TPSA) is 86.5 Å². The maximum atomic E-state index is 10.7. The second-order valence-electron chi connectivity index (χ2n) is 3.52. The number of nitrogens with zero attached hydrogens (tertiary/aromatic N) is 1. The van der Waals surface area contributed by atoms with Gasteiger partial charge in [0.15, 0.2) is 5.75 Å². The van der Waals surface area contributed by atoms with Crippen LogP contribution in [0.25, 0.3) is 0 Å². The largest absolute Gasteiger partial charge is 0.487 e. The molecule has 0 fully saturated rings. The Morgan fingerprint density at radius 1 is 1.28 bits per heavy atom. The number of hydrogen-bond donors (Lipinski definition) is 0. The number of para-hydroxylation sites is 2. The highest BCUT2D eigenvalue weighted by Crippen LogP contribution is 2.25. The summed E-state index contributed by atoms with van der Waals surface area (Å²) in [6.07, 6.45) is 0.810. The molecule has 0 bridgehead atoms. The summed E-state index contributed by atoms with van der Waals surface area (Å²) in [4.78, 5) is 10.1. The summed E-state index contributed by atoms with van der Waals surface area (Å²) in [5.41, 5.74) is -0.109. The summed E-state index contributed by atoms with van der Waals surface area (Å²) in [5, 5.41) is 10.7. The number of hydrogen-bond acceptors (Lipinski definition) is 5. The fourth-order valence-electron chi connectivity index (χ4n) is 1.29. The Kier molecular flexibility index (Phi) is 5.36. The average Bonchev–Trinajstić information content (AvgIpc) is 2.27. The molecular formula is C10H12ClNO5S. The summed E-state index contributed by atoms with van der Waals surface area (Å²) in [6.45, 7) is 0.206. The van der Waals surface area contributed by atoms with Crippen LogP contribution in [0.4, 0.5) is 5.69 Å². The van der Waals surface area contributed by atoms with Crippen LogP contribution in [-0.4, -0.2) is 25.7 Å². The van der Waals surface area contributed by atoms with Gasteiger partial charge in [0.05, 0.1) is 17.3 Å². The highest BCUT2D eigenvalue weighted by molar-refractivity contribution is 8.13. The van der Waals surface area contributed by atoms with Crippen LogP contribution in [0.15, 0.2) is 24.3 Å². The lowest BCUT2D eigenvalue weighted by atomic mass is 10.3. The van der Waals surface area contributed by atoms with E-state index in [-0.39, 0.29) is 23.8 Å². The first-order valence-corrected chi connectivity index (χ1v) is 7.66. The second kappa shape index (κ2) is 6.55. The molecule has 1 aromatic carbocycles. The van der Waals surface area contributed by atoms with Gasteiger partial charge in [-0.25, -0.2) is 8.42 Å². The third-order valence-electron chi connectivity index (χ3n) is 2.10. The Labute approximate surface area is 109 Å². The molecule has 0 amide bonds. The molecule has 0 atom stereocenters. The van der Waals surface area contributed by atoms with Crippen LogP contribution >= 0.6 is 10.7 Å². The molecule has 0 N–H and O–H groups in total. The van der Waals surface area contributed by atoms with Gasteiger partial charge in [-0.15, -0.1) is 0 Å². The van der Waals surface area contributed by atoms with Crippen LogP contribution < -0.4 is 4.74 Å². The molecule has 0 aliphatic carbocycles. The van der Waals surface area contributed by atoms with E-state index in [1.54, 1.807) is 12.1 Å². The standard InChI is InChI=1S/C10H12ClNO5S/c11-18(15,16)8-4-3-7-17-10-6-2-1-5-9(10)12(13)14/h1-2,5-6H,3-4,7-8H2. The van der Waals surface area contributed by atoms with Crippen molar-refractivity contribution in [3.63, 3.8) is 0 Å². The first kappa shape index (κ1) is 14.7. The number of rotatable bonds is 7. The third-order valence-corrected chi connectivity index (χ3v) is 3.34. The van der Waals surface area contributed by atoms with Crippen molar-refractivity contribution in [2.45, 2.75) is 12.8 Å². The van der Waals surface area contributed by atoms with Gasteiger partial charge in [-0.05, 0) is 18.9 Å². The molecule has 0 aliphatic rings. The van der Waals surface area contributed by atoms with E-state index < -0.39 is 14.0 Å². The zero-order valence-corrected chi connectivity index (χ0v) is 11.0. The molecule has 6 nitrogen and oxygen atoms in total. The minimum atomic E-state index is -3.48. The molecule has 0 aromatic heterocycles. The Hall–Kier alpha value is -1.34. The van der Waals surface area contributed by atoms with E-state index in [0.717, 1.165) is 0 Å². The summed E-state index contributed by atoms with van der Waals surface area (Å²) in [6, 6.07) is 6.02. The lowest BCUT2D eigenvalue weighted by molar-refractivity contribution is -0.385. The summed E-state index contributed by atoms with van der Waals surface area (Å²) in [5.74, 6) is 0.0469. The number of unbranched alkanes of at least 4 members (excludes halogenated alkanes) is 1. The summed E-state index contributed by atoms with van der Waals surface area (Å²) >= 11 is 0. The predicted octanol–water partition coefficient (Wildman–Crippen LogP) is 2.32. The molecule has 0 aliphatic heterocycles. The van der Waals surface area contributed by atoms with Gasteiger partial charge < -0.3 is 4.74 Å². The minimum Gasteiger partial charge on any atom is -0.487 e. The van der Waals surface area contributed by atoms with E-state index >= 15 is 0 Å². The van der Waals surface area contributed by atoms with E-state index in [9.17, 15) is 18.5 Å². The highest BCUT2D eigenvalue weighted by Gasteiger charge is 2.13. The van der Waals surface area contributed by atoms with Gasteiger partial charge in [-0.1, -0.05) is 12.1 Å². The molecule has 0 unspecified atom stereocenters. The average molecular weight is 294 g/mol. The van der Waals surface area contributed by atoms with Crippen LogP contribution in [0, 0.1) is 10.1 Å². The van der Waals surface area contributed by atoms with Crippen LogP contribution in [0.5, 0.6) is 5.75 Å². The smallest absolute Gasteiger partial charge is 0.310 e. The maximum Gasteiger partial charge on any atom is 0.310 e. The number of nitro groups is 1. The van der Waals surface area contributed by atoms with E-state index in [1.807, 2.05) is 0 Å². The number of ether oxygens (including phenoxy) is 1. The van der Waals surface area contributed by atoms with Gasteiger partial charge in [-0.2, -0.15) is 0 Å². The molecule has 0 radical (unpaired) electrons. The SMILES string of the molecule is O=[N+]([O-])c1ccccc1OCCCCS(=O)(=O)Cl. The van der Waals surface area contributed by atoms with Crippen molar-refractivity contribution in [3.05, 3.63) is 34.4 Å². The van der Waals surface area contributed by atoms with Gasteiger partial charge in [0.25, 0.3) is 0 Å². The van der Waals surface area contributed by atoms with Crippen molar-refractivity contribution in [2.24, 2.45) is 0 Å². The fraction of sp³-hybridized carbons (Fsp3) is 0.400. The molecule has 18 heavy (non-hydrogen) atoms. The molecular weight excluding hydrogens is 282 g/mol. The molecule has 0 saturated heterocycles. The monoisotopic (exact) mass is 293 g/mol. The van der Waals surface area contributed by atoms with Crippen molar-refractivity contribution in [1.29, 1.82) is 0 Å². The Balaban J connectivity index is 2.42. The number of halogens is 1. The zero-order chi connectivity index (χ0) is 13.6. The predicted molar refractivity (Wildman–Crippen MR) is 67.5 cm³/mol. The second-order valence-corrected chi connectivity index (χ2v) is 6.42. The number of benzene rings is 1. The fourth-order valence-corrected chi connectivity index (χ4v) is 2.16. The Bertz CT molecular complexity index is 517. The van der Waals surface area contributed by atoms with E-state index in [4.69, 9.17) is 15.4 Å². The Morgan fingerprint density at radius 3 is 2.56 bits per heavy atom.